The Morgan fingerprint density at radius 3 is 2.85 bits per heavy atom. The highest BCUT2D eigenvalue weighted by molar-refractivity contribution is 5.97. The Kier molecular flexibility index (Phi) is 2.50. The molecule has 1 rings (SSSR count). The van der Waals surface area contributed by atoms with E-state index in [9.17, 15) is 9.90 Å². The number of carbonyl (C=O) groups excluding carboxylic acids is 1. The molecule has 0 saturated carbocycles. The Morgan fingerprint density at radius 1 is 1.62 bits per heavy atom. The van der Waals surface area contributed by atoms with Crippen LogP contribution in [0, 0.1) is 17.8 Å². The minimum atomic E-state index is -0.750. The van der Waals surface area contributed by atoms with Gasteiger partial charge < -0.3 is 10.8 Å². The number of hydrogen-bond donors (Lipinski definition) is 2. The van der Waals surface area contributed by atoms with Gasteiger partial charge in [-0.2, -0.15) is 5.26 Å². The summed E-state index contributed by atoms with van der Waals surface area (Å²) in [5, 5.41) is 17.6. The first kappa shape index (κ1) is 9.07. The molecule has 1 amide bonds. The minimum Gasteiger partial charge on any atom is -0.507 e. The van der Waals surface area contributed by atoms with Crippen LogP contribution < -0.4 is 5.73 Å². The first-order chi connectivity index (χ1) is 6.16. The molecular weight excluding hydrogens is 168 g/mol. The van der Waals surface area contributed by atoms with Crippen LogP contribution in [0.4, 0.5) is 0 Å². The zero-order valence-electron chi connectivity index (χ0n) is 6.69. The third-order valence-corrected chi connectivity index (χ3v) is 1.54. The van der Waals surface area contributed by atoms with E-state index in [0.717, 1.165) is 6.42 Å². The molecular formula is C9H7N2O2. The lowest BCUT2D eigenvalue weighted by atomic mass is 10.0. The molecule has 0 spiro atoms. The average Bonchev–Trinajstić information content (AvgIpc) is 2.04. The molecule has 0 heterocycles. The first-order valence-corrected chi connectivity index (χ1v) is 3.51. The van der Waals surface area contributed by atoms with Crippen molar-refractivity contribution in [3.8, 4) is 11.8 Å². The lowest BCUT2D eigenvalue weighted by molar-refractivity contribution is 0.0997. The van der Waals surface area contributed by atoms with Gasteiger partial charge in [0.05, 0.1) is 18.1 Å². The monoisotopic (exact) mass is 175 g/mol. The number of rotatable bonds is 2. The zero-order valence-corrected chi connectivity index (χ0v) is 6.69. The molecule has 3 N–H and O–H groups in total. The fraction of sp³-hybridized carbons (Fsp3) is 0. The summed E-state index contributed by atoms with van der Waals surface area (Å²) in [6, 6.07) is 6.17. The second kappa shape index (κ2) is 3.59. The van der Waals surface area contributed by atoms with E-state index in [4.69, 9.17) is 11.0 Å². The van der Waals surface area contributed by atoms with Crippen LogP contribution in [-0.2, 0) is 0 Å². The van der Waals surface area contributed by atoms with Gasteiger partial charge in [-0.25, -0.2) is 0 Å². The van der Waals surface area contributed by atoms with Crippen molar-refractivity contribution < 1.29 is 9.90 Å². The summed E-state index contributed by atoms with van der Waals surface area (Å²) in [7, 11) is 0. The maximum atomic E-state index is 10.9. The lowest BCUT2D eigenvalue weighted by Crippen LogP contribution is -2.13. The van der Waals surface area contributed by atoms with Crippen molar-refractivity contribution in [1.82, 2.24) is 0 Å². The highest BCUT2D eigenvalue weighted by atomic mass is 16.3. The van der Waals surface area contributed by atoms with E-state index in [1.165, 1.54) is 18.2 Å². The molecule has 0 aliphatic carbocycles. The van der Waals surface area contributed by atoms with Crippen LogP contribution in [0.15, 0.2) is 18.2 Å². The predicted molar refractivity (Wildman–Crippen MR) is 45.6 cm³/mol. The van der Waals surface area contributed by atoms with Crippen molar-refractivity contribution >= 4 is 5.91 Å². The molecule has 13 heavy (non-hydrogen) atoms. The summed E-state index contributed by atoms with van der Waals surface area (Å²) < 4.78 is 0. The zero-order chi connectivity index (χ0) is 9.84. The Morgan fingerprint density at radius 2 is 2.31 bits per heavy atom. The molecule has 0 aliphatic heterocycles. The van der Waals surface area contributed by atoms with E-state index >= 15 is 0 Å². The van der Waals surface area contributed by atoms with Crippen LogP contribution in [-0.4, -0.2) is 11.0 Å². The van der Waals surface area contributed by atoms with Crippen molar-refractivity contribution in [1.29, 1.82) is 5.26 Å². The van der Waals surface area contributed by atoms with E-state index in [-0.39, 0.29) is 11.3 Å². The van der Waals surface area contributed by atoms with Gasteiger partial charge in [0.1, 0.15) is 5.75 Å². The van der Waals surface area contributed by atoms with Crippen LogP contribution in [0.1, 0.15) is 15.9 Å². The fourth-order valence-electron chi connectivity index (χ4n) is 1.02. The van der Waals surface area contributed by atoms with Gasteiger partial charge in [0.25, 0.3) is 5.91 Å². The smallest absolute Gasteiger partial charge is 0.252 e. The average molecular weight is 175 g/mol. The molecule has 65 valence electrons. The van der Waals surface area contributed by atoms with Crippen molar-refractivity contribution in [2.24, 2.45) is 5.73 Å². The number of aromatic hydroxyl groups is 1. The summed E-state index contributed by atoms with van der Waals surface area (Å²) >= 11 is 0. The molecule has 0 atom stereocenters. The Bertz CT molecular complexity index is 380. The van der Waals surface area contributed by atoms with E-state index in [2.05, 4.69) is 0 Å². The van der Waals surface area contributed by atoms with Crippen LogP contribution in [0.5, 0.6) is 5.75 Å². The second-order valence-electron chi connectivity index (χ2n) is 2.38. The maximum Gasteiger partial charge on any atom is 0.252 e. The SMILES string of the molecule is N#C[CH]c1cccc(O)c1C(N)=O. The summed E-state index contributed by atoms with van der Waals surface area (Å²) in [4.78, 5) is 10.9. The molecule has 1 aromatic rings. The number of primary amides is 1. The topological polar surface area (TPSA) is 87.1 Å². The van der Waals surface area contributed by atoms with E-state index in [1.807, 2.05) is 0 Å². The van der Waals surface area contributed by atoms with Gasteiger partial charge in [0.2, 0.25) is 0 Å². The van der Waals surface area contributed by atoms with Gasteiger partial charge in [0, 0.05) is 0 Å². The molecule has 1 radical (unpaired) electrons. The lowest BCUT2D eigenvalue weighted by Gasteiger charge is -2.03. The normalized spacial score (nSPS) is 9.15. The van der Waals surface area contributed by atoms with Gasteiger partial charge in [-0.3, -0.25) is 4.79 Å². The molecule has 0 saturated heterocycles. The summed E-state index contributed by atoms with van der Waals surface area (Å²) in [6.07, 6.45) is 1.15. The second-order valence-corrected chi connectivity index (χ2v) is 2.38. The van der Waals surface area contributed by atoms with Crippen LogP contribution in [0.25, 0.3) is 0 Å². The van der Waals surface area contributed by atoms with Crippen molar-refractivity contribution in [2.45, 2.75) is 0 Å². The molecule has 0 fully saturated rings. The van der Waals surface area contributed by atoms with Crippen molar-refractivity contribution in [3.05, 3.63) is 35.7 Å². The predicted octanol–water partition coefficient (Wildman–Crippen LogP) is 0.567. The Balaban J connectivity index is 3.27. The number of amides is 1. The largest absolute Gasteiger partial charge is 0.507 e. The number of nitriles is 1. The minimum absolute atomic E-state index is 0.0240. The maximum absolute atomic E-state index is 10.9. The van der Waals surface area contributed by atoms with Gasteiger partial charge in [-0.05, 0) is 11.6 Å². The van der Waals surface area contributed by atoms with Crippen LogP contribution >= 0.6 is 0 Å². The summed E-state index contributed by atoms with van der Waals surface area (Å²) in [5.74, 6) is -0.962. The van der Waals surface area contributed by atoms with Crippen LogP contribution in [0.2, 0.25) is 0 Å². The number of carbonyl (C=O) groups is 1. The van der Waals surface area contributed by atoms with Gasteiger partial charge in [-0.1, -0.05) is 12.1 Å². The quantitative estimate of drug-likeness (QED) is 0.688. The van der Waals surface area contributed by atoms with E-state index in [0.29, 0.717) is 5.56 Å². The van der Waals surface area contributed by atoms with Gasteiger partial charge in [0.15, 0.2) is 0 Å². The standard InChI is InChI=1S/C9H7N2O2/c10-5-4-6-2-1-3-7(12)8(6)9(11)13/h1-4,12H,(H2,11,13). The number of benzene rings is 1. The van der Waals surface area contributed by atoms with Crippen molar-refractivity contribution in [3.63, 3.8) is 0 Å². The number of hydrogen-bond acceptors (Lipinski definition) is 3. The third-order valence-electron chi connectivity index (χ3n) is 1.54. The number of phenols is 1. The molecule has 0 bridgehead atoms. The highest BCUT2D eigenvalue weighted by Crippen LogP contribution is 2.21. The molecule has 0 aliphatic rings. The summed E-state index contributed by atoms with van der Waals surface area (Å²) in [5.41, 5.74) is 5.32. The van der Waals surface area contributed by atoms with Crippen molar-refractivity contribution in [2.75, 3.05) is 0 Å². The van der Waals surface area contributed by atoms with Crippen LogP contribution in [0.3, 0.4) is 0 Å². The molecule has 1 aromatic carbocycles. The number of nitrogens with zero attached hydrogens (tertiary/aromatic N) is 1. The van der Waals surface area contributed by atoms with E-state index < -0.39 is 5.91 Å². The highest BCUT2D eigenvalue weighted by Gasteiger charge is 2.12. The molecule has 4 heteroatoms. The first-order valence-electron chi connectivity index (χ1n) is 3.51. The Labute approximate surface area is 75.2 Å². The van der Waals surface area contributed by atoms with Gasteiger partial charge in [-0.15, -0.1) is 0 Å². The van der Waals surface area contributed by atoms with E-state index in [1.54, 1.807) is 6.07 Å². The molecule has 0 unspecified atom stereocenters. The molecule has 0 aromatic heterocycles. The third kappa shape index (κ3) is 1.76. The molecule has 4 nitrogen and oxygen atoms in total. The Hall–Kier alpha value is -2.02. The number of nitrogens with two attached hydrogens (primary N) is 1. The summed E-state index contributed by atoms with van der Waals surface area (Å²) in [6.45, 7) is 0. The van der Waals surface area contributed by atoms with Gasteiger partial charge >= 0.3 is 0 Å². The fourth-order valence-corrected chi connectivity index (χ4v) is 1.02.